The molecule has 1 heterocycles. The Morgan fingerprint density at radius 3 is 2.30 bits per heavy atom. The molecular formula is C15H22N4O4. The van der Waals surface area contributed by atoms with Gasteiger partial charge < -0.3 is 24.7 Å². The highest BCUT2D eigenvalue weighted by Crippen LogP contribution is 2.20. The summed E-state index contributed by atoms with van der Waals surface area (Å²) in [5.41, 5.74) is 1.44. The van der Waals surface area contributed by atoms with Gasteiger partial charge in [-0.3, -0.25) is 0 Å². The van der Waals surface area contributed by atoms with Crippen LogP contribution in [0.25, 0.3) is 0 Å². The Hall–Kier alpha value is -2.03. The molecule has 0 atom stereocenters. The van der Waals surface area contributed by atoms with Crippen molar-refractivity contribution in [1.29, 1.82) is 0 Å². The van der Waals surface area contributed by atoms with Crippen molar-refractivity contribution in [3.63, 3.8) is 0 Å². The van der Waals surface area contributed by atoms with Crippen molar-refractivity contribution in [2.75, 3.05) is 57.5 Å². The smallest absolute Gasteiger partial charge is 0.362 e. The van der Waals surface area contributed by atoms with Gasteiger partial charge in [-0.25, -0.2) is 4.79 Å². The van der Waals surface area contributed by atoms with Crippen molar-refractivity contribution in [1.82, 2.24) is 4.90 Å². The Labute approximate surface area is 135 Å². The van der Waals surface area contributed by atoms with Crippen LogP contribution in [0.1, 0.15) is 0 Å². The number of benzene rings is 1. The molecule has 0 saturated carbocycles. The van der Waals surface area contributed by atoms with E-state index in [1.54, 1.807) is 17.0 Å². The van der Waals surface area contributed by atoms with E-state index in [1.807, 2.05) is 17.0 Å². The first-order valence-electron chi connectivity index (χ1n) is 7.59. The molecule has 0 radical (unpaired) electrons. The average molecular weight is 322 g/mol. The van der Waals surface area contributed by atoms with Crippen molar-refractivity contribution in [3.05, 3.63) is 24.3 Å². The number of carbonyl (C=O) groups excluding carboxylic acids is 1. The molecule has 1 aliphatic rings. The molecule has 0 aromatic heterocycles. The number of rotatable bonds is 6. The van der Waals surface area contributed by atoms with E-state index in [4.69, 9.17) is 14.9 Å². The van der Waals surface area contributed by atoms with E-state index in [1.165, 1.54) is 0 Å². The van der Waals surface area contributed by atoms with Gasteiger partial charge in [0.25, 0.3) is 0 Å². The number of aliphatic hydroxyl groups excluding tert-OH is 2. The van der Waals surface area contributed by atoms with Crippen molar-refractivity contribution in [3.8, 4) is 0 Å². The number of anilines is 1. The molecule has 1 saturated heterocycles. The van der Waals surface area contributed by atoms with Gasteiger partial charge in [0, 0.05) is 31.9 Å². The molecule has 0 bridgehead atoms. The number of hydrogen-bond donors (Lipinski definition) is 2. The first kappa shape index (κ1) is 17.3. The minimum atomic E-state index is -0.362. The molecule has 0 aliphatic carbocycles. The van der Waals surface area contributed by atoms with Crippen LogP contribution in [-0.4, -0.2) is 73.8 Å². The largest absolute Gasteiger partial charge is 0.395 e. The van der Waals surface area contributed by atoms with E-state index in [2.05, 4.69) is 10.2 Å². The van der Waals surface area contributed by atoms with Gasteiger partial charge in [0.05, 0.1) is 32.1 Å². The molecule has 23 heavy (non-hydrogen) atoms. The predicted octanol–water partition coefficient (Wildman–Crippen LogP) is 1.01. The van der Waals surface area contributed by atoms with Crippen LogP contribution in [0.15, 0.2) is 34.5 Å². The average Bonchev–Trinajstić information content (AvgIpc) is 2.61. The molecule has 2 rings (SSSR count). The number of azo groups is 1. The number of aliphatic hydroxyl groups is 2. The topological polar surface area (TPSA) is 98.0 Å². The first-order valence-corrected chi connectivity index (χ1v) is 7.59. The number of ether oxygens (including phenoxy) is 1. The fraction of sp³-hybridized carbons (Fsp3) is 0.533. The molecule has 0 spiro atoms. The lowest BCUT2D eigenvalue weighted by Crippen LogP contribution is -2.39. The molecule has 2 amide bonds. The van der Waals surface area contributed by atoms with E-state index >= 15 is 0 Å². The summed E-state index contributed by atoms with van der Waals surface area (Å²) >= 11 is 0. The first-order chi connectivity index (χ1) is 11.2. The highest BCUT2D eigenvalue weighted by molar-refractivity contribution is 5.75. The fourth-order valence-electron chi connectivity index (χ4n) is 2.26. The molecule has 8 heteroatoms. The van der Waals surface area contributed by atoms with Crippen LogP contribution in [0.4, 0.5) is 16.2 Å². The Morgan fingerprint density at radius 2 is 1.74 bits per heavy atom. The Balaban J connectivity index is 1.95. The maximum atomic E-state index is 11.9. The van der Waals surface area contributed by atoms with Gasteiger partial charge in [-0.05, 0) is 24.3 Å². The minimum Gasteiger partial charge on any atom is -0.395 e. The third kappa shape index (κ3) is 5.27. The van der Waals surface area contributed by atoms with Crippen LogP contribution in [0, 0.1) is 0 Å². The van der Waals surface area contributed by atoms with E-state index in [0.29, 0.717) is 45.1 Å². The quantitative estimate of drug-likeness (QED) is 0.762. The number of morpholine rings is 1. The monoisotopic (exact) mass is 322 g/mol. The second-order valence-corrected chi connectivity index (χ2v) is 5.03. The zero-order valence-corrected chi connectivity index (χ0v) is 13.0. The number of urea groups is 1. The normalized spacial score (nSPS) is 15.1. The zero-order chi connectivity index (χ0) is 16.5. The molecule has 1 aromatic rings. The van der Waals surface area contributed by atoms with E-state index in [-0.39, 0.29) is 19.2 Å². The standard InChI is InChI=1S/C15H22N4O4/c20-9-5-18(6-10-21)14-3-1-13(2-4-14)16-17-15(22)19-7-11-23-12-8-19/h1-4,20-21H,5-12H2. The zero-order valence-electron chi connectivity index (χ0n) is 13.0. The number of carbonyl (C=O) groups is 1. The molecule has 0 unspecified atom stereocenters. The molecule has 1 aromatic carbocycles. The molecule has 2 N–H and O–H groups in total. The predicted molar refractivity (Wildman–Crippen MR) is 85.1 cm³/mol. The van der Waals surface area contributed by atoms with Crippen LogP contribution in [0.2, 0.25) is 0 Å². The van der Waals surface area contributed by atoms with Gasteiger partial charge in [0.1, 0.15) is 0 Å². The molecule has 126 valence electrons. The van der Waals surface area contributed by atoms with Crippen LogP contribution in [0.3, 0.4) is 0 Å². The highest BCUT2D eigenvalue weighted by atomic mass is 16.5. The third-order valence-electron chi connectivity index (χ3n) is 3.49. The van der Waals surface area contributed by atoms with Crippen molar-refractivity contribution in [2.45, 2.75) is 0 Å². The van der Waals surface area contributed by atoms with Gasteiger partial charge in [0.15, 0.2) is 0 Å². The summed E-state index contributed by atoms with van der Waals surface area (Å²) in [6.45, 7) is 3.03. The van der Waals surface area contributed by atoms with E-state index in [0.717, 1.165) is 5.69 Å². The molecule has 1 aliphatic heterocycles. The summed E-state index contributed by atoms with van der Waals surface area (Å²) in [6.07, 6.45) is 0. The lowest BCUT2D eigenvalue weighted by Gasteiger charge is -2.24. The lowest BCUT2D eigenvalue weighted by atomic mass is 10.2. The SMILES string of the molecule is O=C(N=Nc1ccc(N(CCO)CCO)cc1)N1CCOCC1. The summed E-state index contributed by atoms with van der Waals surface area (Å²) in [5, 5.41) is 25.8. The van der Waals surface area contributed by atoms with Gasteiger partial charge in [-0.2, -0.15) is 0 Å². The summed E-state index contributed by atoms with van der Waals surface area (Å²) < 4.78 is 5.18. The highest BCUT2D eigenvalue weighted by Gasteiger charge is 2.16. The van der Waals surface area contributed by atoms with Crippen molar-refractivity contribution >= 4 is 17.4 Å². The van der Waals surface area contributed by atoms with Gasteiger partial charge >= 0.3 is 6.03 Å². The second kappa shape index (κ2) is 9.19. The van der Waals surface area contributed by atoms with Crippen LogP contribution >= 0.6 is 0 Å². The number of hydrogen-bond acceptors (Lipinski definition) is 6. The summed E-state index contributed by atoms with van der Waals surface area (Å²) in [4.78, 5) is 15.3. The van der Waals surface area contributed by atoms with E-state index in [9.17, 15) is 4.79 Å². The van der Waals surface area contributed by atoms with Crippen LogP contribution < -0.4 is 4.90 Å². The van der Waals surface area contributed by atoms with Crippen molar-refractivity contribution < 1.29 is 19.7 Å². The van der Waals surface area contributed by atoms with Gasteiger partial charge in [0.2, 0.25) is 0 Å². The van der Waals surface area contributed by atoms with Crippen molar-refractivity contribution in [2.24, 2.45) is 10.2 Å². The summed E-state index contributed by atoms with van der Waals surface area (Å²) in [6, 6.07) is 6.76. The number of amides is 2. The Kier molecular flexibility index (Phi) is 6.92. The van der Waals surface area contributed by atoms with Gasteiger partial charge in [-0.1, -0.05) is 5.11 Å². The summed E-state index contributed by atoms with van der Waals surface area (Å²) in [7, 11) is 0. The minimum absolute atomic E-state index is 0.00944. The van der Waals surface area contributed by atoms with E-state index < -0.39 is 0 Å². The maximum absolute atomic E-state index is 11.9. The Morgan fingerprint density at radius 1 is 1.13 bits per heavy atom. The lowest BCUT2D eigenvalue weighted by molar-refractivity contribution is 0.0552. The van der Waals surface area contributed by atoms with Crippen LogP contribution in [-0.2, 0) is 4.74 Å². The second-order valence-electron chi connectivity index (χ2n) is 5.03. The third-order valence-corrected chi connectivity index (χ3v) is 3.49. The van der Waals surface area contributed by atoms with Crippen LogP contribution in [0.5, 0.6) is 0 Å². The summed E-state index contributed by atoms with van der Waals surface area (Å²) in [5.74, 6) is 0. The number of nitrogens with zero attached hydrogens (tertiary/aromatic N) is 4. The molecular weight excluding hydrogens is 300 g/mol. The molecule has 1 fully saturated rings. The van der Waals surface area contributed by atoms with Gasteiger partial charge in [-0.15, -0.1) is 5.11 Å². The fourth-order valence-corrected chi connectivity index (χ4v) is 2.26. The molecule has 8 nitrogen and oxygen atoms in total. The maximum Gasteiger partial charge on any atom is 0.362 e. The Bertz CT molecular complexity index is 509.